The summed E-state index contributed by atoms with van der Waals surface area (Å²) in [6, 6.07) is 0.493. The van der Waals surface area contributed by atoms with E-state index in [1.54, 1.807) is 6.92 Å². The van der Waals surface area contributed by atoms with Gasteiger partial charge >= 0.3 is 0 Å². The average Bonchev–Trinajstić information content (AvgIpc) is 2.41. The van der Waals surface area contributed by atoms with Gasteiger partial charge in [0.2, 0.25) is 0 Å². The Kier molecular flexibility index (Phi) is 5.42. The van der Waals surface area contributed by atoms with Gasteiger partial charge in [-0.1, -0.05) is 12.8 Å². The van der Waals surface area contributed by atoms with Gasteiger partial charge in [0.1, 0.15) is 5.78 Å². The standard InChI is InChI=1S/C13H25NO2/c1-10(15)9-13-7-5-4-6-8-14(13)11(2)12(3)16/h11-13,16H,4-9H2,1-3H3. The minimum Gasteiger partial charge on any atom is -0.392 e. The molecule has 16 heavy (non-hydrogen) atoms. The molecule has 1 saturated heterocycles. The Morgan fingerprint density at radius 2 is 2.06 bits per heavy atom. The fourth-order valence-corrected chi connectivity index (χ4v) is 2.56. The van der Waals surface area contributed by atoms with Gasteiger partial charge in [-0.2, -0.15) is 0 Å². The first-order valence-electron chi connectivity index (χ1n) is 6.45. The Balaban J connectivity index is 2.68. The van der Waals surface area contributed by atoms with Crippen molar-refractivity contribution in [3.8, 4) is 0 Å². The van der Waals surface area contributed by atoms with Gasteiger partial charge in [0.05, 0.1) is 6.10 Å². The van der Waals surface area contributed by atoms with Crippen molar-refractivity contribution in [2.75, 3.05) is 6.54 Å². The molecule has 0 saturated carbocycles. The second kappa shape index (κ2) is 6.36. The summed E-state index contributed by atoms with van der Waals surface area (Å²) in [5, 5.41) is 9.69. The number of Topliss-reactive ketones (excluding diaryl/α,β-unsaturated/α-hetero) is 1. The number of carbonyl (C=O) groups excluding carboxylic acids is 1. The van der Waals surface area contributed by atoms with Crippen LogP contribution in [0.3, 0.4) is 0 Å². The topological polar surface area (TPSA) is 40.5 Å². The predicted molar refractivity (Wildman–Crippen MR) is 65.4 cm³/mol. The molecule has 1 rings (SSSR count). The van der Waals surface area contributed by atoms with Gasteiger partial charge in [0, 0.05) is 18.5 Å². The molecule has 0 spiro atoms. The maximum absolute atomic E-state index is 11.3. The third-order valence-corrected chi connectivity index (χ3v) is 3.67. The van der Waals surface area contributed by atoms with Gasteiger partial charge in [-0.05, 0) is 40.2 Å². The number of nitrogens with zero attached hydrogens (tertiary/aromatic N) is 1. The number of rotatable bonds is 4. The molecule has 0 aromatic heterocycles. The molecule has 0 aromatic rings. The van der Waals surface area contributed by atoms with E-state index in [-0.39, 0.29) is 17.9 Å². The Labute approximate surface area is 98.8 Å². The first-order valence-corrected chi connectivity index (χ1v) is 6.45. The molecule has 1 fully saturated rings. The average molecular weight is 227 g/mol. The molecule has 94 valence electrons. The molecular formula is C13H25NO2. The highest BCUT2D eigenvalue weighted by Gasteiger charge is 2.28. The summed E-state index contributed by atoms with van der Waals surface area (Å²) in [6.45, 7) is 6.57. The van der Waals surface area contributed by atoms with Gasteiger partial charge in [0.15, 0.2) is 0 Å². The molecule has 0 bridgehead atoms. The molecule has 0 amide bonds. The molecule has 3 heteroatoms. The van der Waals surface area contributed by atoms with E-state index in [0.717, 1.165) is 13.0 Å². The number of likely N-dealkylation sites (tertiary alicyclic amines) is 1. The number of carbonyl (C=O) groups is 1. The highest BCUT2D eigenvalue weighted by molar-refractivity contribution is 5.76. The lowest BCUT2D eigenvalue weighted by molar-refractivity contribution is -0.118. The normalized spacial score (nSPS) is 27.1. The van der Waals surface area contributed by atoms with Crippen molar-refractivity contribution in [2.45, 2.75) is 71.1 Å². The van der Waals surface area contributed by atoms with Crippen LogP contribution in [0.1, 0.15) is 52.9 Å². The molecule has 3 atom stereocenters. The van der Waals surface area contributed by atoms with Crippen LogP contribution in [0, 0.1) is 0 Å². The minimum atomic E-state index is -0.326. The Morgan fingerprint density at radius 1 is 1.38 bits per heavy atom. The van der Waals surface area contributed by atoms with Crippen molar-refractivity contribution in [1.29, 1.82) is 0 Å². The van der Waals surface area contributed by atoms with E-state index < -0.39 is 0 Å². The van der Waals surface area contributed by atoms with Crippen molar-refractivity contribution < 1.29 is 9.90 Å². The lowest BCUT2D eigenvalue weighted by Crippen LogP contribution is -2.47. The Hall–Kier alpha value is -0.410. The lowest BCUT2D eigenvalue weighted by Gasteiger charge is -2.36. The summed E-state index contributed by atoms with van der Waals surface area (Å²) >= 11 is 0. The first-order chi connectivity index (χ1) is 7.52. The fourth-order valence-electron chi connectivity index (χ4n) is 2.56. The van der Waals surface area contributed by atoms with Crippen molar-refractivity contribution in [3.63, 3.8) is 0 Å². The Morgan fingerprint density at radius 3 is 2.62 bits per heavy atom. The van der Waals surface area contributed by atoms with Crippen LogP contribution in [0.15, 0.2) is 0 Å². The fraction of sp³-hybridized carbons (Fsp3) is 0.923. The molecule has 1 N–H and O–H groups in total. The monoisotopic (exact) mass is 227 g/mol. The van der Waals surface area contributed by atoms with E-state index in [1.165, 1.54) is 19.3 Å². The molecule has 1 aliphatic rings. The molecule has 1 aliphatic heterocycles. The van der Waals surface area contributed by atoms with Gasteiger partial charge in [-0.25, -0.2) is 0 Å². The summed E-state index contributed by atoms with van der Waals surface area (Å²) in [7, 11) is 0. The molecule has 3 nitrogen and oxygen atoms in total. The Bertz CT molecular complexity index is 228. The summed E-state index contributed by atoms with van der Waals surface area (Å²) < 4.78 is 0. The van der Waals surface area contributed by atoms with Gasteiger partial charge in [-0.3, -0.25) is 9.69 Å². The van der Waals surface area contributed by atoms with Crippen molar-refractivity contribution in [2.24, 2.45) is 0 Å². The first kappa shape index (κ1) is 13.7. The number of aliphatic hydroxyl groups excluding tert-OH is 1. The molecule has 0 aromatic carbocycles. The van der Waals surface area contributed by atoms with Crippen LogP contribution in [0.25, 0.3) is 0 Å². The number of hydrogen-bond acceptors (Lipinski definition) is 3. The van der Waals surface area contributed by atoms with Crippen LogP contribution in [-0.2, 0) is 4.79 Å². The van der Waals surface area contributed by atoms with Crippen LogP contribution < -0.4 is 0 Å². The van der Waals surface area contributed by atoms with Crippen LogP contribution in [-0.4, -0.2) is 40.5 Å². The highest BCUT2D eigenvalue weighted by atomic mass is 16.3. The summed E-state index contributed by atoms with van der Waals surface area (Å²) in [6.07, 6.45) is 5.05. The summed E-state index contributed by atoms with van der Waals surface area (Å²) in [5.41, 5.74) is 0. The maximum atomic E-state index is 11.3. The van der Waals surface area contributed by atoms with Crippen molar-refractivity contribution >= 4 is 5.78 Å². The van der Waals surface area contributed by atoms with Gasteiger partial charge in [0.25, 0.3) is 0 Å². The third-order valence-electron chi connectivity index (χ3n) is 3.67. The van der Waals surface area contributed by atoms with Gasteiger partial charge < -0.3 is 5.11 Å². The second-order valence-corrected chi connectivity index (χ2v) is 5.13. The largest absolute Gasteiger partial charge is 0.392 e. The van der Waals surface area contributed by atoms with Crippen molar-refractivity contribution in [3.05, 3.63) is 0 Å². The van der Waals surface area contributed by atoms with E-state index in [0.29, 0.717) is 12.5 Å². The van der Waals surface area contributed by atoms with Gasteiger partial charge in [-0.15, -0.1) is 0 Å². The molecule has 0 radical (unpaired) electrons. The van der Waals surface area contributed by atoms with Crippen LogP contribution >= 0.6 is 0 Å². The van der Waals surface area contributed by atoms with Crippen LogP contribution in [0.4, 0.5) is 0 Å². The van der Waals surface area contributed by atoms with E-state index in [9.17, 15) is 9.90 Å². The van der Waals surface area contributed by atoms with E-state index in [4.69, 9.17) is 0 Å². The van der Waals surface area contributed by atoms with E-state index >= 15 is 0 Å². The number of aliphatic hydroxyl groups is 1. The van der Waals surface area contributed by atoms with E-state index in [2.05, 4.69) is 11.8 Å². The molecule has 1 heterocycles. The van der Waals surface area contributed by atoms with Crippen LogP contribution in [0.5, 0.6) is 0 Å². The predicted octanol–water partition coefficient (Wildman–Crippen LogP) is 1.98. The minimum absolute atomic E-state index is 0.155. The SMILES string of the molecule is CC(=O)CC1CCCCCN1C(C)C(C)O. The molecular weight excluding hydrogens is 202 g/mol. The highest BCUT2D eigenvalue weighted by Crippen LogP contribution is 2.22. The van der Waals surface area contributed by atoms with Crippen LogP contribution in [0.2, 0.25) is 0 Å². The summed E-state index contributed by atoms with van der Waals surface area (Å²) in [4.78, 5) is 13.6. The smallest absolute Gasteiger partial charge is 0.131 e. The molecule has 3 unspecified atom stereocenters. The summed E-state index contributed by atoms with van der Waals surface area (Å²) in [5.74, 6) is 0.259. The second-order valence-electron chi connectivity index (χ2n) is 5.13. The number of ketones is 1. The maximum Gasteiger partial charge on any atom is 0.131 e. The zero-order valence-corrected chi connectivity index (χ0v) is 10.8. The van der Waals surface area contributed by atoms with E-state index in [1.807, 2.05) is 6.92 Å². The lowest BCUT2D eigenvalue weighted by atomic mass is 10.0. The molecule has 0 aliphatic carbocycles. The zero-order valence-electron chi connectivity index (χ0n) is 10.8. The zero-order chi connectivity index (χ0) is 12.1. The number of hydrogen-bond donors (Lipinski definition) is 1. The quantitative estimate of drug-likeness (QED) is 0.798. The van der Waals surface area contributed by atoms with Crippen molar-refractivity contribution in [1.82, 2.24) is 4.90 Å². The third kappa shape index (κ3) is 3.87.